The van der Waals surface area contributed by atoms with Crippen molar-refractivity contribution in [1.82, 2.24) is 5.32 Å². The molecule has 1 saturated heterocycles. The standard InChI is InChI=1S/C12H12ClFN2/c1-7-9(5-15)10(6-16-7)8-3-2-4-11(13)12(8)14/h2-4,7,9-10,16H,6H2,1H3. The van der Waals surface area contributed by atoms with Crippen LogP contribution in [0.15, 0.2) is 18.2 Å². The molecule has 1 aliphatic rings. The molecule has 16 heavy (non-hydrogen) atoms. The zero-order chi connectivity index (χ0) is 11.7. The van der Waals surface area contributed by atoms with Gasteiger partial charge in [0.2, 0.25) is 0 Å². The second kappa shape index (κ2) is 4.40. The molecule has 1 heterocycles. The van der Waals surface area contributed by atoms with Gasteiger partial charge in [-0.05, 0) is 18.6 Å². The van der Waals surface area contributed by atoms with Crippen LogP contribution in [0.5, 0.6) is 0 Å². The van der Waals surface area contributed by atoms with Crippen molar-refractivity contribution in [2.24, 2.45) is 5.92 Å². The number of halogens is 2. The lowest BCUT2D eigenvalue weighted by molar-refractivity contribution is 0.523. The Morgan fingerprint density at radius 2 is 2.31 bits per heavy atom. The molecule has 0 aliphatic carbocycles. The fourth-order valence-corrected chi connectivity index (χ4v) is 2.41. The summed E-state index contributed by atoms with van der Waals surface area (Å²) in [7, 11) is 0. The molecule has 3 atom stereocenters. The van der Waals surface area contributed by atoms with E-state index in [4.69, 9.17) is 16.9 Å². The fourth-order valence-electron chi connectivity index (χ4n) is 2.23. The van der Waals surface area contributed by atoms with E-state index < -0.39 is 5.82 Å². The smallest absolute Gasteiger partial charge is 0.145 e. The fraction of sp³-hybridized carbons (Fsp3) is 0.417. The third kappa shape index (κ3) is 1.79. The highest BCUT2D eigenvalue weighted by Crippen LogP contribution is 2.34. The first-order valence-corrected chi connectivity index (χ1v) is 5.60. The van der Waals surface area contributed by atoms with E-state index in [0.717, 1.165) is 0 Å². The predicted molar refractivity (Wildman–Crippen MR) is 60.7 cm³/mol. The Kier molecular flexibility index (Phi) is 3.13. The molecule has 1 N–H and O–H groups in total. The molecular weight excluding hydrogens is 227 g/mol. The Balaban J connectivity index is 2.38. The summed E-state index contributed by atoms with van der Waals surface area (Å²) in [6.45, 7) is 2.56. The van der Waals surface area contributed by atoms with Crippen molar-refractivity contribution in [2.75, 3.05) is 6.54 Å². The molecule has 0 amide bonds. The highest BCUT2D eigenvalue weighted by Gasteiger charge is 2.35. The van der Waals surface area contributed by atoms with Crippen LogP contribution in [-0.4, -0.2) is 12.6 Å². The maximum atomic E-state index is 13.8. The number of nitriles is 1. The van der Waals surface area contributed by atoms with Gasteiger partial charge in [0.1, 0.15) is 5.82 Å². The third-order valence-electron chi connectivity index (χ3n) is 3.16. The monoisotopic (exact) mass is 238 g/mol. The summed E-state index contributed by atoms with van der Waals surface area (Å²) in [4.78, 5) is 0. The van der Waals surface area contributed by atoms with E-state index in [2.05, 4.69) is 11.4 Å². The first kappa shape index (κ1) is 11.4. The number of benzene rings is 1. The maximum Gasteiger partial charge on any atom is 0.145 e. The molecule has 0 radical (unpaired) electrons. The van der Waals surface area contributed by atoms with Crippen LogP contribution in [0.1, 0.15) is 18.4 Å². The Morgan fingerprint density at radius 3 is 3.00 bits per heavy atom. The van der Waals surface area contributed by atoms with Gasteiger partial charge in [0.15, 0.2) is 0 Å². The topological polar surface area (TPSA) is 35.8 Å². The Labute approximate surface area is 99.0 Å². The van der Waals surface area contributed by atoms with E-state index in [0.29, 0.717) is 12.1 Å². The van der Waals surface area contributed by atoms with Gasteiger partial charge in [-0.1, -0.05) is 23.7 Å². The van der Waals surface area contributed by atoms with Crippen molar-refractivity contribution in [2.45, 2.75) is 18.9 Å². The number of hydrogen-bond donors (Lipinski definition) is 1. The molecule has 1 aromatic rings. The van der Waals surface area contributed by atoms with Crippen molar-refractivity contribution in [3.8, 4) is 6.07 Å². The quantitative estimate of drug-likeness (QED) is 0.817. The highest BCUT2D eigenvalue weighted by atomic mass is 35.5. The Bertz CT molecular complexity index is 441. The van der Waals surface area contributed by atoms with E-state index in [1.165, 1.54) is 6.07 Å². The molecule has 3 unspecified atom stereocenters. The lowest BCUT2D eigenvalue weighted by Gasteiger charge is -2.15. The van der Waals surface area contributed by atoms with Crippen LogP contribution in [0, 0.1) is 23.1 Å². The lowest BCUT2D eigenvalue weighted by Crippen LogP contribution is -2.22. The molecule has 1 aromatic carbocycles. The molecule has 1 fully saturated rings. The largest absolute Gasteiger partial charge is 0.312 e. The van der Waals surface area contributed by atoms with E-state index in [9.17, 15) is 4.39 Å². The first-order chi connectivity index (χ1) is 7.65. The molecule has 0 saturated carbocycles. The zero-order valence-electron chi connectivity index (χ0n) is 8.87. The van der Waals surface area contributed by atoms with Gasteiger partial charge in [-0.3, -0.25) is 0 Å². The molecule has 84 valence electrons. The summed E-state index contributed by atoms with van der Waals surface area (Å²) in [6, 6.07) is 7.27. The van der Waals surface area contributed by atoms with E-state index in [1.54, 1.807) is 12.1 Å². The van der Waals surface area contributed by atoms with Gasteiger partial charge >= 0.3 is 0 Å². The predicted octanol–water partition coefficient (Wildman–Crippen LogP) is 2.69. The van der Waals surface area contributed by atoms with Crippen LogP contribution in [-0.2, 0) is 0 Å². The summed E-state index contributed by atoms with van der Waals surface area (Å²) < 4.78 is 13.8. The van der Waals surface area contributed by atoms with Gasteiger partial charge in [-0.25, -0.2) is 4.39 Å². The summed E-state index contributed by atoms with van der Waals surface area (Å²) >= 11 is 5.74. The number of nitrogens with zero attached hydrogens (tertiary/aromatic N) is 1. The molecule has 0 spiro atoms. The van der Waals surface area contributed by atoms with Crippen molar-refractivity contribution in [3.63, 3.8) is 0 Å². The number of hydrogen-bond acceptors (Lipinski definition) is 2. The molecular formula is C12H12ClFN2. The summed E-state index contributed by atoms with van der Waals surface area (Å²) in [6.07, 6.45) is 0. The van der Waals surface area contributed by atoms with Gasteiger partial charge in [-0.15, -0.1) is 0 Å². The van der Waals surface area contributed by atoms with Crippen LogP contribution in [0.2, 0.25) is 5.02 Å². The van der Waals surface area contributed by atoms with Crippen LogP contribution in [0.25, 0.3) is 0 Å². The average molecular weight is 239 g/mol. The minimum Gasteiger partial charge on any atom is -0.312 e. The molecule has 2 rings (SSSR count). The summed E-state index contributed by atoms with van der Waals surface area (Å²) in [5, 5.41) is 12.4. The Hall–Kier alpha value is -1.11. The van der Waals surface area contributed by atoms with Crippen molar-refractivity contribution in [3.05, 3.63) is 34.6 Å². The SMILES string of the molecule is CC1NCC(c2cccc(Cl)c2F)C1C#N. The van der Waals surface area contributed by atoms with E-state index >= 15 is 0 Å². The number of rotatable bonds is 1. The average Bonchev–Trinajstić information content (AvgIpc) is 2.63. The maximum absolute atomic E-state index is 13.8. The third-order valence-corrected chi connectivity index (χ3v) is 3.45. The second-order valence-electron chi connectivity index (χ2n) is 4.10. The highest BCUT2D eigenvalue weighted by molar-refractivity contribution is 6.30. The van der Waals surface area contributed by atoms with Crippen molar-refractivity contribution >= 4 is 11.6 Å². The minimum atomic E-state index is -0.398. The van der Waals surface area contributed by atoms with Crippen LogP contribution in [0.3, 0.4) is 0 Å². The van der Waals surface area contributed by atoms with Crippen LogP contribution < -0.4 is 5.32 Å². The minimum absolute atomic E-state index is 0.0911. The molecule has 0 aromatic heterocycles. The molecule has 0 bridgehead atoms. The van der Waals surface area contributed by atoms with Gasteiger partial charge in [-0.2, -0.15) is 5.26 Å². The van der Waals surface area contributed by atoms with Crippen LogP contribution in [0.4, 0.5) is 4.39 Å². The summed E-state index contributed by atoms with van der Waals surface area (Å²) in [5.41, 5.74) is 0.538. The normalized spacial score (nSPS) is 29.0. The molecule has 2 nitrogen and oxygen atoms in total. The van der Waals surface area contributed by atoms with Gasteiger partial charge < -0.3 is 5.32 Å². The van der Waals surface area contributed by atoms with Crippen molar-refractivity contribution < 1.29 is 4.39 Å². The zero-order valence-corrected chi connectivity index (χ0v) is 9.63. The lowest BCUT2D eigenvalue weighted by atomic mass is 9.86. The van der Waals surface area contributed by atoms with E-state index in [-0.39, 0.29) is 22.9 Å². The van der Waals surface area contributed by atoms with Gasteiger partial charge in [0.25, 0.3) is 0 Å². The van der Waals surface area contributed by atoms with Crippen molar-refractivity contribution in [1.29, 1.82) is 5.26 Å². The Morgan fingerprint density at radius 1 is 1.56 bits per heavy atom. The first-order valence-electron chi connectivity index (χ1n) is 5.22. The second-order valence-corrected chi connectivity index (χ2v) is 4.51. The van der Waals surface area contributed by atoms with Gasteiger partial charge in [0, 0.05) is 18.5 Å². The summed E-state index contributed by atoms with van der Waals surface area (Å²) in [5.74, 6) is -0.711. The van der Waals surface area contributed by atoms with Gasteiger partial charge in [0.05, 0.1) is 17.0 Å². The van der Waals surface area contributed by atoms with Crippen LogP contribution >= 0.6 is 11.6 Å². The molecule has 4 heteroatoms. The molecule has 1 aliphatic heterocycles. The number of nitrogens with one attached hydrogen (secondary N) is 1. The van der Waals surface area contributed by atoms with E-state index in [1.807, 2.05) is 6.92 Å².